The summed E-state index contributed by atoms with van der Waals surface area (Å²) in [7, 11) is 0. The molecule has 0 aliphatic rings. The van der Waals surface area contributed by atoms with Gasteiger partial charge in [-0.25, -0.2) is 0 Å². The van der Waals surface area contributed by atoms with Crippen LogP contribution in [0.4, 0.5) is 0 Å². The van der Waals surface area contributed by atoms with Crippen molar-refractivity contribution in [3.05, 3.63) is 65.2 Å². The van der Waals surface area contributed by atoms with Crippen LogP contribution in [0.15, 0.2) is 48.5 Å². The number of aryl methyl sites for hydroxylation is 1. The molecule has 0 aliphatic carbocycles. The van der Waals surface area contributed by atoms with E-state index in [1.165, 1.54) is 5.56 Å². The normalized spacial score (nSPS) is 12.2. The van der Waals surface area contributed by atoms with Crippen molar-refractivity contribution >= 4 is 5.97 Å². The van der Waals surface area contributed by atoms with Gasteiger partial charge in [0.05, 0.1) is 0 Å². The average molecular weight is 341 g/mol. The number of carbonyl (C=O) groups is 1. The van der Waals surface area contributed by atoms with Crippen LogP contribution in [-0.2, 0) is 17.9 Å². The van der Waals surface area contributed by atoms with Crippen molar-refractivity contribution in [1.29, 1.82) is 0 Å². The minimum absolute atomic E-state index is 0.331. The molecule has 4 nitrogen and oxygen atoms in total. The molecule has 2 N–H and O–H groups in total. The maximum atomic E-state index is 11.3. The summed E-state index contributed by atoms with van der Waals surface area (Å²) in [6.07, 6.45) is 0.610. The molecule has 0 saturated carbocycles. The van der Waals surface area contributed by atoms with Crippen molar-refractivity contribution < 1.29 is 14.6 Å². The van der Waals surface area contributed by atoms with E-state index in [-0.39, 0.29) is 0 Å². The minimum Gasteiger partial charge on any atom is -0.489 e. The van der Waals surface area contributed by atoms with Gasteiger partial charge in [0.1, 0.15) is 18.4 Å². The third kappa shape index (κ3) is 6.59. The Bertz CT molecular complexity index is 697. The number of benzene rings is 2. The molecule has 0 fully saturated rings. The third-order valence-corrected chi connectivity index (χ3v) is 3.94. The fourth-order valence-electron chi connectivity index (χ4n) is 2.70. The van der Waals surface area contributed by atoms with Crippen LogP contribution >= 0.6 is 0 Å². The van der Waals surface area contributed by atoms with Gasteiger partial charge >= 0.3 is 5.97 Å². The molecule has 134 valence electrons. The van der Waals surface area contributed by atoms with Gasteiger partial charge in [0.15, 0.2) is 0 Å². The summed E-state index contributed by atoms with van der Waals surface area (Å²) in [6.45, 7) is 7.13. The fraction of sp³-hybridized carbons (Fsp3) is 0.381. The van der Waals surface area contributed by atoms with Crippen LogP contribution in [0.25, 0.3) is 0 Å². The highest BCUT2D eigenvalue weighted by molar-refractivity contribution is 5.73. The molecule has 0 spiro atoms. The Labute approximate surface area is 149 Å². The summed E-state index contributed by atoms with van der Waals surface area (Å²) in [6, 6.07) is 15.5. The van der Waals surface area contributed by atoms with Crippen LogP contribution < -0.4 is 10.1 Å². The Kier molecular flexibility index (Phi) is 7.02. The van der Waals surface area contributed by atoms with Crippen LogP contribution in [0.1, 0.15) is 37.0 Å². The molecule has 2 aromatic carbocycles. The Morgan fingerprint density at radius 3 is 2.52 bits per heavy atom. The molecule has 0 aliphatic heterocycles. The van der Waals surface area contributed by atoms with E-state index in [0.29, 0.717) is 25.5 Å². The zero-order chi connectivity index (χ0) is 18.2. The van der Waals surface area contributed by atoms with E-state index in [1.807, 2.05) is 50.2 Å². The van der Waals surface area contributed by atoms with Gasteiger partial charge < -0.3 is 15.2 Å². The van der Waals surface area contributed by atoms with Gasteiger partial charge in [0.25, 0.3) is 0 Å². The second-order valence-corrected chi connectivity index (χ2v) is 6.83. The highest BCUT2D eigenvalue weighted by Gasteiger charge is 2.17. The molecule has 2 rings (SSSR count). The number of carboxylic acid groups (broad SMARTS) is 1. The lowest BCUT2D eigenvalue weighted by atomic mass is 10.0. The second-order valence-electron chi connectivity index (χ2n) is 6.83. The van der Waals surface area contributed by atoms with Crippen LogP contribution in [0.5, 0.6) is 5.75 Å². The molecule has 0 radical (unpaired) electrons. The summed E-state index contributed by atoms with van der Waals surface area (Å²) in [4.78, 5) is 11.3. The van der Waals surface area contributed by atoms with Gasteiger partial charge in [0, 0.05) is 6.54 Å². The van der Waals surface area contributed by atoms with Gasteiger partial charge in [-0.15, -0.1) is 0 Å². The SMILES string of the molecule is Cc1cccc(COc2cccc(CNC(CC(C)C)C(=O)O)c2)c1. The maximum Gasteiger partial charge on any atom is 0.320 e. The van der Waals surface area contributed by atoms with Crippen LogP contribution in [0.3, 0.4) is 0 Å². The molecular weight excluding hydrogens is 314 g/mol. The molecule has 1 unspecified atom stereocenters. The van der Waals surface area contributed by atoms with Gasteiger partial charge in [-0.2, -0.15) is 0 Å². The van der Waals surface area contributed by atoms with E-state index < -0.39 is 12.0 Å². The van der Waals surface area contributed by atoms with Crippen molar-refractivity contribution in [2.24, 2.45) is 5.92 Å². The molecule has 0 amide bonds. The van der Waals surface area contributed by atoms with Crippen LogP contribution in [0.2, 0.25) is 0 Å². The van der Waals surface area contributed by atoms with Crippen LogP contribution in [0, 0.1) is 12.8 Å². The van der Waals surface area contributed by atoms with Crippen molar-refractivity contribution in [2.75, 3.05) is 0 Å². The highest BCUT2D eigenvalue weighted by Crippen LogP contribution is 2.16. The lowest BCUT2D eigenvalue weighted by Gasteiger charge is -2.17. The Morgan fingerprint density at radius 2 is 1.84 bits per heavy atom. The third-order valence-electron chi connectivity index (χ3n) is 3.94. The molecule has 0 heterocycles. The topological polar surface area (TPSA) is 58.6 Å². The molecule has 0 saturated heterocycles. The number of aliphatic carboxylic acids is 1. The molecular formula is C21H27NO3. The number of hydrogen-bond donors (Lipinski definition) is 2. The summed E-state index contributed by atoms with van der Waals surface area (Å²) in [5.41, 5.74) is 3.35. The molecule has 2 aromatic rings. The van der Waals surface area contributed by atoms with E-state index in [2.05, 4.69) is 24.4 Å². The summed E-state index contributed by atoms with van der Waals surface area (Å²) in [5.74, 6) is 0.315. The molecule has 0 bridgehead atoms. The maximum absolute atomic E-state index is 11.3. The van der Waals surface area contributed by atoms with Crippen molar-refractivity contribution in [3.8, 4) is 5.75 Å². The van der Waals surface area contributed by atoms with Crippen molar-refractivity contribution in [2.45, 2.75) is 46.4 Å². The predicted molar refractivity (Wildman–Crippen MR) is 99.7 cm³/mol. The highest BCUT2D eigenvalue weighted by atomic mass is 16.5. The number of carboxylic acids is 1. The molecule has 25 heavy (non-hydrogen) atoms. The smallest absolute Gasteiger partial charge is 0.320 e. The van der Waals surface area contributed by atoms with E-state index in [1.54, 1.807) is 0 Å². The largest absolute Gasteiger partial charge is 0.489 e. The second kappa shape index (κ2) is 9.23. The fourth-order valence-corrected chi connectivity index (χ4v) is 2.70. The van der Waals surface area contributed by atoms with Gasteiger partial charge in [-0.1, -0.05) is 55.8 Å². The zero-order valence-electron chi connectivity index (χ0n) is 15.2. The zero-order valence-corrected chi connectivity index (χ0v) is 15.2. The van der Waals surface area contributed by atoms with Crippen LogP contribution in [-0.4, -0.2) is 17.1 Å². The Balaban J connectivity index is 1.92. The van der Waals surface area contributed by atoms with Gasteiger partial charge in [0.2, 0.25) is 0 Å². The van der Waals surface area contributed by atoms with E-state index in [0.717, 1.165) is 16.9 Å². The number of nitrogens with one attached hydrogen (secondary N) is 1. The first kappa shape index (κ1) is 19.0. The lowest BCUT2D eigenvalue weighted by Crippen LogP contribution is -2.37. The van der Waals surface area contributed by atoms with E-state index in [9.17, 15) is 9.90 Å². The Hall–Kier alpha value is -2.33. The molecule has 1 atom stereocenters. The first-order valence-electron chi connectivity index (χ1n) is 8.67. The average Bonchev–Trinajstić information content (AvgIpc) is 2.57. The molecule has 0 aromatic heterocycles. The van der Waals surface area contributed by atoms with E-state index in [4.69, 9.17) is 4.74 Å². The number of hydrogen-bond acceptors (Lipinski definition) is 3. The quantitative estimate of drug-likeness (QED) is 0.719. The first-order valence-corrected chi connectivity index (χ1v) is 8.67. The summed E-state index contributed by atoms with van der Waals surface area (Å²) in [5, 5.41) is 12.4. The minimum atomic E-state index is -0.805. The monoisotopic (exact) mass is 341 g/mol. The van der Waals surface area contributed by atoms with Gasteiger partial charge in [-0.3, -0.25) is 4.79 Å². The van der Waals surface area contributed by atoms with Crippen molar-refractivity contribution in [1.82, 2.24) is 5.32 Å². The predicted octanol–water partition coefficient (Wildman–Crippen LogP) is 4.16. The van der Waals surface area contributed by atoms with Gasteiger partial charge in [-0.05, 0) is 42.5 Å². The summed E-state index contributed by atoms with van der Waals surface area (Å²) >= 11 is 0. The van der Waals surface area contributed by atoms with E-state index >= 15 is 0 Å². The standard InChI is InChI=1S/C21H27NO3/c1-15(2)10-20(21(23)24)22-13-17-7-5-9-19(12-17)25-14-18-8-4-6-16(3)11-18/h4-9,11-12,15,20,22H,10,13-14H2,1-3H3,(H,23,24). The van der Waals surface area contributed by atoms with Crippen molar-refractivity contribution in [3.63, 3.8) is 0 Å². The first-order chi connectivity index (χ1) is 11.9. The number of ether oxygens (including phenoxy) is 1. The molecule has 4 heteroatoms. The lowest BCUT2D eigenvalue weighted by molar-refractivity contribution is -0.140. The Morgan fingerprint density at radius 1 is 1.12 bits per heavy atom. The number of rotatable bonds is 9. The summed E-state index contributed by atoms with van der Waals surface area (Å²) < 4.78 is 5.86.